The van der Waals surface area contributed by atoms with Gasteiger partial charge in [0.2, 0.25) is 0 Å². The van der Waals surface area contributed by atoms with Gasteiger partial charge in [-0.3, -0.25) is 4.79 Å². The number of nitrogens with two attached hydrogens (primary N) is 1. The number of carbonyl (C=O) groups is 2. The van der Waals surface area contributed by atoms with Crippen molar-refractivity contribution in [3.63, 3.8) is 0 Å². The van der Waals surface area contributed by atoms with Crippen LogP contribution in [0.15, 0.2) is 11.3 Å². The lowest BCUT2D eigenvalue weighted by molar-refractivity contribution is -0.147. The van der Waals surface area contributed by atoms with Crippen molar-refractivity contribution >= 4 is 11.9 Å². The molecule has 1 rings (SSSR count). The molecule has 0 aromatic carbocycles. The Bertz CT molecular complexity index is 382. The number of allylic oxidation sites excluding steroid dienone is 1. The quantitative estimate of drug-likeness (QED) is 0.508. The van der Waals surface area contributed by atoms with Gasteiger partial charge in [0.25, 0.3) is 0 Å². The summed E-state index contributed by atoms with van der Waals surface area (Å²) in [5.74, 6) is -3.09. The summed E-state index contributed by atoms with van der Waals surface area (Å²) in [4.78, 5) is 21.8. The fourth-order valence-corrected chi connectivity index (χ4v) is 1.73. The lowest BCUT2D eigenvalue weighted by Crippen LogP contribution is -2.69. The van der Waals surface area contributed by atoms with E-state index in [9.17, 15) is 14.0 Å². The van der Waals surface area contributed by atoms with E-state index in [4.69, 9.17) is 15.9 Å². The number of carboxylic acids is 2. The molecule has 0 saturated carbocycles. The average molecular weight is 232 g/mol. The van der Waals surface area contributed by atoms with E-state index in [2.05, 4.69) is 5.32 Å². The Labute approximate surface area is 90.9 Å². The zero-order valence-electron chi connectivity index (χ0n) is 8.82. The molecule has 0 aliphatic carbocycles. The largest absolute Gasteiger partial charge is 0.480 e. The van der Waals surface area contributed by atoms with Crippen LogP contribution in [-0.2, 0) is 9.59 Å². The maximum atomic E-state index is 13.9. The molecule has 0 aromatic heterocycles. The van der Waals surface area contributed by atoms with E-state index in [0.29, 0.717) is 0 Å². The molecule has 0 fully saturated rings. The molecule has 1 aliphatic heterocycles. The molecule has 0 saturated heterocycles. The van der Waals surface area contributed by atoms with Crippen LogP contribution in [0.2, 0.25) is 0 Å². The number of rotatable bonds is 2. The van der Waals surface area contributed by atoms with Crippen LogP contribution in [0, 0.1) is 0 Å². The van der Waals surface area contributed by atoms with Crippen LogP contribution in [0.1, 0.15) is 13.8 Å². The Morgan fingerprint density at radius 3 is 2.38 bits per heavy atom. The van der Waals surface area contributed by atoms with Crippen molar-refractivity contribution in [1.82, 2.24) is 5.32 Å². The summed E-state index contributed by atoms with van der Waals surface area (Å²) in [7, 11) is 0. The molecule has 0 aromatic rings. The number of carboxylic acid groups (broad SMARTS) is 2. The summed E-state index contributed by atoms with van der Waals surface area (Å²) in [6, 6.07) is -0.900. The molecule has 1 heterocycles. The third-order valence-electron chi connectivity index (χ3n) is 2.83. The zero-order valence-corrected chi connectivity index (χ0v) is 8.82. The van der Waals surface area contributed by atoms with E-state index >= 15 is 0 Å². The summed E-state index contributed by atoms with van der Waals surface area (Å²) in [5, 5.41) is 20.3. The standard InChI is InChI=1S/C9H13FN2O4/c1-3-5(7(13)14)6(10)9(11,8(15)16)4(2)12-3/h4,6,12H,11H2,1-2H3,(H,13,14)(H,15,16). The van der Waals surface area contributed by atoms with Gasteiger partial charge in [0, 0.05) is 5.70 Å². The Morgan fingerprint density at radius 2 is 2.00 bits per heavy atom. The van der Waals surface area contributed by atoms with E-state index in [-0.39, 0.29) is 5.70 Å². The predicted molar refractivity (Wildman–Crippen MR) is 52.4 cm³/mol. The molecular weight excluding hydrogens is 219 g/mol. The number of hydrogen-bond donors (Lipinski definition) is 4. The summed E-state index contributed by atoms with van der Waals surface area (Å²) < 4.78 is 13.9. The fourth-order valence-electron chi connectivity index (χ4n) is 1.73. The molecule has 6 nitrogen and oxygen atoms in total. The van der Waals surface area contributed by atoms with Crippen molar-refractivity contribution in [2.45, 2.75) is 31.6 Å². The van der Waals surface area contributed by atoms with Crippen molar-refractivity contribution in [2.75, 3.05) is 0 Å². The molecule has 0 bridgehead atoms. The van der Waals surface area contributed by atoms with Gasteiger partial charge >= 0.3 is 11.9 Å². The van der Waals surface area contributed by atoms with Gasteiger partial charge in [0.1, 0.15) is 0 Å². The predicted octanol–water partition coefficient (Wildman–Crippen LogP) is -0.543. The van der Waals surface area contributed by atoms with E-state index in [1.807, 2.05) is 0 Å². The van der Waals surface area contributed by atoms with E-state index < -0.39 is 35.3 Å². The van der Waals surface area contributed by atoms with Crippen LogP contribution in [-0.4, -0.2) is 39.9 Å². The lowest BCUT2D eigenvalue weighted by Gasteiger charge is -2.40. The van der Waals surface area contributed by atoms with Gasteiger partial charge in [-0.15, -0.1) is 0 Å². The molecule has 1 aliphatic rings. The SMILES string of the molecule is CC1=C(C(=O)O)C(F)C(N)(C(=O)O)C(C)N1. The number of nitrogens with one attached hydrogen (secondary N) is 1. The maximum absolute atomic E-state index is 13.9. The van der Waals surface area contributed by atoms with E-state index in [1.165, 1.54) is 13.8 Å². The van der Waals surface area contributed by atoms with Crippen molar-refractivity contribution in [2.24, 2.45) is 5.73 Å². The van der Waals surface area contributed by atoms with Crippen LogP contribution < -0.4 is 11.1 Å². The molecule has 16 heavy (non-hydrogen) atoms. The first kappa shape index (κ1) is 12.4. The highest BCUT2D eigenvalue weighted by atomic mass is 19.1. The van der Waals surface area contributed by atoms with E-state index in [0.717, 1.165) is 0 Å². The molecule has 3 atom stereocenters. The molecule has 0 amide bonds. The van der Waals surface area contributed by atoms with Crippen molar-refractivity contribution in [3.05, 3.63) is 11.3 Å². The van der Waals surface area contributed by atoms with Crippen LogP contribution in [0.25, 0.3) is 0 Å². The molecule has 0 spiro atoms. The highest BCUT2D eigenvalue weighted by molar-refractivity contribution is 5.93. The molecule has 3 unspecified atom stereocenters. The Kier molecular flexibility index (Phi) is 2.91. The minimum atomic E-state index is -2.27. The second-order valence-corrected chi connectivity index (χ2v) is 3.81. The Morgan fingerprint density at radius 1 is 1.50 bits per heavy atom. The van der Waals surface area contributed by atoms with Crippen LogP contribution in [0.5, 0.6) is 0 Å². The average Bonchev–Trinajstić information content (AvgIpc) is 2.13. The van der Waals surface area contributed by atoms with Crippen molar-refractivity contribution in [3.8, 4) is 0 Å². The van der Waals surface area contributed by atoms with Gasteiger partial charge < -0.3 is 21.3 Å². The summed E-state index contributed by atoms with van der Waals surface area (Å²) in [6.07, 6.45) is -2.25. The summed E-state index contributed by atoms with van der Waals surface area (Å²) in [6.45, 7) is 2.76. The van der Waals surface area contributed by atoms with Gasteiger partial charge in [-0.2, -0.15) is 0 Å². The van der Waals surface area contributed by atoms with E-state index in [1.54, 1.807) is 0 Å². The van der Waals surface area contributed by atoms with Crippen molar-refractivity contribution < 1.29 is 24.2 Å². The first-order chi connectivity index (χ1) is 7.22. The first-order valence-electron chi connectivity index (χ1n) is 4.59. The minimum Gasteiger partial charge on any atom is -0.480 e. The van der Waals surface area contributed by atoms with Gasteiger partial charge in [0.05, 0.1) is 11.6 Å². The third kappa shape index (κ3) is 1.53. The number of alkyl halides is 1. The maximum Gasteiger partial charge on any atom is 0.336 e. The second-order valence-electron chi connectivity index (χ2n) is 3.81. The number of halogens is 1. The molecule has 5 N–H and O–H groups in total. The van der Waals surface area contributed by atoms with Gasteiger partial charge in [-0.05, 0) is 13.8 Å². The van der Waals surface area contributed by atoms with Crippen LogP contribution >= 0.6 is 0 Å². The summed E-state index contributed by atoms with van der Waals surface area (Å²) in [5.41, 5.74) is 2.63. The zero-order chi connectivity index (χ0) is 12.7. The molecular formula is C9H13FN2O4. The highest BCUT2D eigenvalue weighted by Crippen LogP contribution is 2.29. The number of aliphatic carboxylic acids is 2. The second kappa shape index (κ2) is 3.75. The topological polar surface area (TPSA) is 113 Å². The molecule has 0 radical (unpaired) electrons. The Hall–Kier alpha value is -1.63. The molecule has 90 valence electrons. The summed E-state index contributed by atoms with van der Waals surface area (Å²) >= 11 is 0. The Balaban J connectivity index is 3.31. The van der Waals surface area contributed by atoms with Crippen molar-refractivity contribution in [1.29, 1.82) is 0 Å². The van der Waals surface area contributed by atoms with Gasteiger partial charge in [-0.25, -0.2) is 9.18 Å². The highest BCUT2D eigenvalue weighted by Gasteiger charge is 2.54. The third-order valence-corrected chi connectivity index (χ3v) is 2.83. The van der Waals surface area contributed by atoms with Gasteiger partial charge in [0.15, 0.2) is 11.7 Å². The monoisotopic (exact) mass is 232 g/mol. The smallest absolute Gasteiger partial charge is 0.336 e. The minimum absolute atomic E-state index is 0.0924. The van der Waals surface area contributed by atoms with Crippen LogP contribution in [0.4, 0.5) is 4.39 Å². The fraction of sp³-hybridized carbons (Fsp3) is 0.556. The van der Waals surface area contributed by atoms with Gasteiger partial charge in [-0.1, -0.05) is 0 Å². The first-order valence-corrected chi connectivity index (χ1v) is 4.59. The molecule has 7 heteroatoms. The van der Waals surface area contributed by atoms with Crippen LogP contribution in [0.3, 0.4) is 0 Å². The number of hydrogen-bond acceptors (Lipinski definition) is 4. The lowest BCUT2D eigenvalue weighted by atomic mass is 9.79. The normalized spacial score (nSPS) is 34.5.